The van der Waals surface area contributed by atoms with E-state index in [0.29, 0.717) is 30.8 Å². The average Bonchev–Trinajstić information content (AvgIpc) is 3.10. The zero-order chi connectivity index (χ0) is 20.1. The summed E-state index contributed by atoms with van der Waals surface area (Å²) in [6.07, 6.45) is 0. The Hall–Kier alpha value is -1.65. The summed E-state index contributed by atoms with van der Waals surface area (Å²) in [4.78, 5) is 24.3. The van der Waals surface area contributed by atoms with E-state index < -0.39 is 0 Å². The number of amides is 2. The molecule has 2 N–H and O–H groups in total. The average molecular weight is 518 g/mol. The van der Waals surface area contributed by atoms with Crippen molar-refractivity contribution in [2.24, 2.45) is 0 Å². The number of nitrogens with one attached hydrogen (secondary N) is 2. The van der Waals surface area contributed by atoms with Crippen molar-refractivity contribution >= 4 is 84.9 Å². The van der Waals surface area contributed by atoms with Gasteiger partial charge in [0.15, 0.2) is 4.34 Å². The Morgan fingerprint density at radius 2 is 1.89 bits per heavy atom. The SMILES string of the molecule is O=C(CSc1nnc(NC(=O)c2cccc(Br)c2)s1)Nc1ccc(Cl)c(Cl)c1. The van der Waals surface area contributed by atoms with Crippen LogP contribution in [0.5, 0.6) is 0 Å². The fourth-order valence-electron chi connectivity index (χ4n) is 2.02. The number of halogens is 3. The summed E-state index contributed by atoms with van der Waals surface area (Å²) >= 11 is 17.5. The van der Waals surface area contributed by atoms with E-state index in [1.54, 1.807) is 36.4 Å². The molecule has 2 aromatic carbocycles. The lowest BCUT2D eigenvalue weighted by molar-refractivity contribution is -0.113. The minimum atomic E-state index is -0.286. The normalized spacial score (nSPS) is 10.5. The molecule has 0 aliphatic rings. The Morgan fingerprint density at radius 1 is 1.07 bits per heavy atom. The van der Waals surface area contributed by atoms with Gasteiger partial charge in [-0.1, -0.05) is 68.3 Å². The molecule has 0 spiro atoms. The number of carbonyl (C=O) groups excluding carboxylic acids is 2. The molecule has 0 unspecified atom stereocenters. The van der Waals surface area contributed by atoms with Crippen molar-refractivity contribution in [3.63, 3.8) is 0 Å². The van der Waals surface area contributed by atoms with E-state index in [2.05, 4.69) is 36.8 Å². The third-order valence-corrected chi connectivity index (χ3v) is 6.45. The van der Waals surface area contributed by atoms with Gasteiger partial charge in [-0.05, 0) is 36.4 Å². The number of benzene rings is 2. The second-order valence-electron chi connectivity index (χ2n) is 5.30. The summed E-state index contributed by atoms with van der Waals surface area (Å²) in [5.41, 5.74) is 1.05. The first kappa shape index (κ1) is 21.1. The van der Waals surface area contributed by atoms with E-state index in [4.69, 9.17) is 23.2 Å². The molecular formula is C17H11BrCl2N4O2S2. The fraction of sp³-hybridized carbons (Fsp3) is 0.0588. The maximum absolute atomic E-state index is 12.2. The van der Waals surface area contributed by atoms with Crippen LogP contribution in [0.2, 0.25) is 10.0 Å². The number of hydrogen-bond donors (Lipinski definition) is 2. The monoisotopic (exact) mass is 516 g/mol. The van der Waals surface area contributed by atoms with Crippen molar-refractivity contribution in [1.29, 1.82) is 0 Å². The quantitative estimate of drug-likeness (QED) is 0.329. The van der Waals surface area contributed by atoms with Gasteiger partial charge >= 0.3 is 0 Å². The van der Waals surface area contributed by atoms with Gasteiger partial charge in [-0.2, -0.15) is 0 Å². The van der Waals surface area contributed by atoms with Crippen LogP contribution >= 0.6 is 62.2 Å². The molecule has 0 aliphatic carbocycles. The first-order valence-electron chi connectivity index (χ1n) is 7.69. The Labute approximate surface area is 187 Å². The number of thioether (sulfide) groups is 1. The van der Waals surface area contributed by atoms with E-state index in [1.165, 1.54) is 23.1 Å². The fourth-order valence-corrected chi connectivity index (χ4v) is 4.26. The molecule has 2 amide bonds. The highest BCUT2D eigenvalue weighted by molar-refractivity contribution is 9.10. The van der Waals surface area contributed by atoms with E-state index in [0.717, 1.165) is 4.47 Å². The molecule has 3 aromatic rings. The third kappa shape index (κ3) is 5.92. The molecule has 0 saturated carbocycles. The van der Waals surface area contributed by atoms with Crippen LogP contribution in [0.4, 0.5) is 10.8 Å². The molecule has 3 rings (SSSR count). The van der Waals surface area contributed by atoms with Crippen LogP contribution in [-0.4, -0.2) is 27.8 Å². The standard InChI is InChI=1S/C17H11BrCl2N4O2S2/c18-10-3-1-2-9(6-10)15(26)22-16-23-24-17(28-16)27-8-14(25)21-11-4-5-12(19)13(20)7-11/h1-7H,8H2,(H,21,25)(H,22,23,26). The maximum atomic E-state index is 12.2. The molecule has 1 heterocycles. The lowest BCUT2D eigenvalue weighted by Gasteiger charge is -2.05. The molecule has 0 aliphatic heterocycles. The van der Waals surface area contributed by atoms with Gasteiger partial charge in [-0.15, -0.1) is 10.2 Å². The summed E-state index contributed by atoms with van der Waals surface area (Å²) in [5.74, 6) is -0.376. The number of aromatic nitrogens is 2. The third-order valence-electron chi connectivity index (χ3n) is 3.24. The van der Waals surface area contributed by atoms with Crippen LogP contribution in [0.15, 0.2) is 51.3 Å². The molecule has 11 heteroatoms. The highest BCUT2D eigenvalue weighted by atomic mass is 79.9. The lowest BCUT2D eigenvalue weighted by atomic mass is 10.2. The summed E-state index contributed by atoms with van der Waals surface area (Å²) in [7, 11) is 0. The van der Waals surface area contributed by atoms with E-state index in [9.17, 15) is 9.59 Å². The summed E-state index contributed by atoms with van der Waals surface area (Å²) < 4.78 is 1.37. The van der Waals surface area contributed by atoms with Gasteiger partial charge in [-0.25, -0.2) is 0 Å². The molecule has 0 atom stereocenters. The number of anilines is 2. The molecule has 0 radical (unpaired) electrons. The van der Waals surface area contributed by atoms with Crippen LogP contribution < -0.4 is 10.6 Å². The molecule has 1 aromatic heterocycles. The number of rotatable bonds is 6. The Bertz CT molecular complexity index is 1030. The van der Waals surface area contributed by atoms with Crippen LogP contribution in [0.25, 0.3) is 0 Å². The summed E-state index contributed by atoms with van der Waals surface area (Å²) in [5, 5.41) is 14.5. The van der Waals surface area contributed by atoms with E-state index >= 15 is 0 Å². The van der Waals surface area contributed by atoms with Crippen LogP contribution in [0.3, 0.4) is 0 Å². The van der Waals surface area contributed by atoms with Crippen molar-refractivity contribution in [2.75, 3.05) is 16.4 Å². The minimum Gasteiger partial charge on any atom is -0.325 e. The first-order chi connectivity index (χ1) is 13.4. The Kier molecular flexibility index (Phi) is 7.30. The summed E-state index contributed by atoms with van der Waals surface area (Å²) in [6.45, 7) is 0. The van der Waals surface area contributed by atoms with Gasteiger partial charge in [-0.3, -0.25) is 14.9 Å². The molecule has 144 valence electrons. The Morgan fingerprint density at radius 3 is 2.64 bits per heavy atom. The molecule has 28 heavy (non-hydrogen) atoms. The topological polar surface area (TPSA) is 84.0 Å². The van der Waals surface area contributed by atoms with Gasteiger partial charge in [0.1, 0.15) is 0 Å². The molecular weight excluding hydrogens is 507 g/mol. The van der Waals surface area contributed by atoms with Gasteiger partial charge in [0.25, 0.3) is 5.91 Å². The largest absolute Gasteiger partial charge is 0.325 e. The maximum Gasteiger partial charge on any atom is 0.257 e. The van der Waals surface area contributed by atoms with Gasteiger partial charge < -0.3 is 5.32 Å². The van der Waals surface area contributed by atoms with Gasteiger partial charge in [0, 0.05) is 15.7 Å². The minimum absolute atomic E-state index is 0.133. The van der Waals surface area contributed by atoms with Crippen LogP contribution in [0.1, 0.15) is 10.4 Å². The molecule has 0 bridgehead atoms. The molecule has 0 saturated heterocycles. The highest BCUT2D eigenvalue weighted by Gasteiger charge is 2.12. The molecule has 6 nitrogen and oxygen atoms in total. The van der Waals surface area contributed by atoms with Gasteiger partial charge in [0.05, 0.1) is 15.8 Å². The van der Waals surface area contributed by atoms with Gasteiger partial charge in [0.2, 0.25) is 11.0 Å². The highest BCUT2D eigenvalue weighted by Crippen LogP contribution is 2.27. The van der Waals surface area contributed by atoms with Crippen LogP contribution in [-0.2, 0) is 4.79 Å². The van der Waals surface area contributed by atoms with Crippen molar-refractivity contribution in [3.05, 3.63) is 62.5 Å². The second-order valence-corrected chi connectivity index (χ2v) is 9.23. The van der Waals surface area contributed by atoms with Crippen molar-refractivity contribution in [3.8, 4) is 0 Å². The first-order valence-corrected chi connectivity index (χ1v) is 11.0. The zero-order valence-corrected chi connectivity index (χ0v) is 18.6. The van der Waals surface area contributed by atoms with E-state index in [1.807, 2.05) is 6.07 Å². The lowest BCUT2D eigenvalue weighted by Crippen LogP contribution is -2.13. The Balaban J connectivity index is 1.52. The number of nitrogens with zero attached hydrogens (tertiary/aromatic N) is 2. The predicted octanol–water partition coefficient (Wildman–Crippen LogP) is 5.59. The molecule has 0 fully saturated rings. The van der Waals surface area contributed by atoms with Crippen molar-refractivity contribution in [2.45, 2.75) is 4.34 Å². The summed E-state index contributed by atoms with van der Waals surface area (Å²) in [6, 6.07) is 11.9. The van der Waals surface area contributed by atoms with Crippen LogP contribution in [0, 0.1) is 0 Å². The number of carbonyl (C=O) groups is 2. The second kappa shape index (κ2) is 9.71. The van der Waals surface area contributed by atoms with E-state index in [-0.39, 0.29) is 17.6 Å². The van der Waals surface area contributed by atoms with Crippen molar-refractivity contribution < 1.29 is 9.59 Å². The zero-order valence-electron chi connectivity index (χ0n) is 13.9. The smallest absolute Gasteiger partial charge is 0.257 e. The van der Waals surface area contributed by atoms with Crippen molar-refractivity contribution in [1.82, 2.24) is 10.2 Å². The number of hydrogen-bond acceptors (Lipinski definition) is 6. The predicted molar refractivity (Wildman–Crippen MR) is 118 cm³/mol.